The minimum absolute atomic E-state index is 0.0120. The van der Waals surface area contributed by atoms with Gasteiger partial charge in [0, 0.05) is 48.4 Å². The Morgan fingerprint density at radius 3 is 2.83 bits per heavy atom. The van der Waals surface area contributed by atoms with Crippen LogP contribution in [0, 0.1) is 23.4 Å². The van der Waals surface area contributed by atoms with Gasteiger partial charge in [-0.2, -0.15) is 0 Å². The Kier molecular flexibility index (Phi) is 5.01. The summed E-state index contributed by atoms with van der Waals surface area (Å²) >= 11 is 0. The number of nitrogens with zero attached hydrogens (tertiary/aromatic N) is 1. The van der Waals surface area contributed by atoms with Gasteiger partial charge in [-0.05, 0) is 42.3 Å². The number of anilines is 1. The maximum absolute atomic E-state index is 13.9. The van der Waals surface area contributed by atoms with Crippen molar-refractivity contribution in [1.29, 1.82) is 0 Å². The van der Waals surface area contributed by atoms with Crippen LogP contribution in [0.4, 0.5) is 19.0 Å². The number of aromatic nitrogens is 1. The second kappa shape index (κ2) is 8.11. The number of ether oxygens (including phenoxy) is 2. The van der Waals surface area contributed by atoms with Gasteiger partial charge in [0.1, 0.15) is 35.0 Å². The van der Waals surface area contributed by atoms with Crippen LogP contribution in [0.3, 0.4) is 0 Å². The first kappa shape index (κ1) is 21.6. The van der Waals surface area contributed by atoms with Crippen molar-refractivity contribution >= 4 is 17.5 Å². The van der Waals surface area contributed by atoms with Gasteiger partial charge in [-0.3, -0.25) is 9.59 Å². The van der Waals surface area contributed by atoms with E-state index in [-0.39, 0.29) is 48.0 Å². The Balaban J connectivity index is 1.15. The van der Waals surface area contributed by atoms with E-state index >= 15 is 0 Å². The van der Waals surface area contributed by atoms with Crippen molar-refractivity contribution in [3.05, 3.63) is 76.7 Å². The molecule has 178 valence electrons. The number of nitrogens with one attached hydrogen (secondary N) is 1. The highest BCUT2D eigenvalue weighted by atomic mass is 19.2. The molecular weight excluding hydrogens is 461 g/mol. The van der Waals surface area contributed by atoms with Gasteiger partial charge in [0.15, 0.2) is 17.5 Å². The average Bonchev–Trinajstić information content (AvgIpc) is 3.35. The molecule has 0 radical (unpaired) electrons. The van der Waals surface area contributed by atoms with Crippen LogP contribution >= 0.6 is 0 Å². The molecule has 1 aromatic heterocycles. The maximum Gasteiger partial charge on any atom is 0.225 e. The summed E-state index contributed by atoms with van der Waals surface area (Å²) in [5.74, 6) is -2.14. The third-order valence-electron chi connectivity index (χ3n) is 6.77. The Hall–Kier alpha value is -3.88. The summed E-state index contributed by atoms with van der Waals surface area (Å²) < 4.78 is 52.6. The molecule has 3 aliphatic rings. The summed E-state index contributed by atoms with van der Waals surface area (Å²) in [7, 11) is 0. The molecule has 3 heterocycles. The quantitative estimate of drug-likeness (QED) is 0.511. The molecule has 2 aliphatic heterocycles. The van der Waals surface area contributed by atoms with Crippen LogP contribution in [-0.2, 0) is 22.4 Å². The topological polar surface area (TPSA) is 77.5 Å². The Morgan fingerprint density at radius 2 is 1.97 bits per heavy atom. The second-order valence-electron chi connectivity index (χ2n) is 9.01. The largest absolute Gasteiger partial charge is 0.489 e. The molecule has 1 amide bonds. The van der Waals surface area contributed by atoms with Crippen LogP contribution in [0.5, 0.6) is 17.2 Å². The van der Waals surface area contributed by atoms with Crippen molar-refractivity contribution in [2.75, 3.05) is 5.32 Å². The van der Waals surface area contributed by atoms with Crippen LogP contribution in [0.25, 0.3) is 0 Å². The molecule has 6 rings (SSSR count). The third kappa shape index (κ3) is 3.80. The number of rotatable bonds is 6. The summed E-state index contributed by atoms with van der Waals surface area (Å²) in [5.41, 5.74) is 1.61. The van der Waals surface area contributed by atoms with E-state index in [0.29, 0.717) is 30.2 Å². The normalized spacial score (nSPS) is 21.3. The van der Waals surface area contributed by atoms with Crippen LogP contribution < -0.4 is 14.8 Å². The number of carbonyl (C=O) groups is 2. The first-order valence-corrected chi connectivity index (χ1v) is 11.3. The fraction of sp³-hybridized carbons (Fsp3) is 0.269. The predicted octanol–water partition coefficient (Wildman–Crippen LogP) is 4.85. The number of hydrogen-bond donors (Lipinski definition) is 1. The summed E-state index contributed by atoms with van der Waals surface area (Å²) in [6.45, 7) is 0. The SMILES string of the molecule is O=C(Cc1ccc(F)c(F)c1F)C[C@@H]1[C@H]2Oc3ccc(Oc4ccnc5c4CCC(=O)N5)cc3[C@@H]12. The average molecular weight is 480 g/mol. The first-order chi connectivity index (χ1) is 16.9. The minimum atomic E-state index is -1.57. The van der Waals surface area contributed by atoms with E-state index in [1.54, 1.807) is 18.3 Å². The van der Waals surface area contributed by atoms with E-state index in [4.69, 9.17) is 9.47 Å². The lowest BCUT2D eigenvalue weighted by molar-refractivity contribution is -0.119. The molecular formula is C26H19F3N2O4. The van der Waals surface area contributed by atoms with Crippen molar-refractivity contribution in [2.45, 2.75) is 37.7 Å². The van der Waals surface area contributed by atoms with Crippen LogP contribution in [0.1, 0.15) is 35.4 Å². The zero-order chi connectivity index (χ0) is 24.3. The molecule has 3 atom stereocenters. The summed E-state index contributed by atoms with van der Waals surface area (Å²) in [5, 5.41) is 2.75. The Bertz CT molecular complexity index is 1390. The van der Waals surface area contributed by atoms with Gasteiger partial charge in [-0.1, -0.05) is 6.07 Å². The summed E-state index contributed by atoms with van der Waals surface area (Å²) in [4.78, 5) is 28.4. The predicted molar refractivity (Wildman–Crippen MR) is 118 cm³/mol. The highest BCUT2D eigenvalue weighted by molar-refractivity contribution is 5.93. The molecule has 1 aliphatic carbocycles. The Labute approximate surface area is 198 Å². The van der Waals surface area contributed by atoms with Gasteiger partial charge in [-0.25, -0.2) is 18.2 Å². The maximum atomic E-state index is 13.9. The molecule has 0 bridgehead atoms. The molecule has 0 saturated heterocycles. The van der Waals surface area contributed by atoms with Crippen molar-refractivity contribution in [2.24, 2.45) is 5.92 Å². The molecule has 6 nitrogen and oxygen atoms in total. The highest BCUT2D eigenvalue weighted by Crippen LogP contribution is 2.60. The number of Topliss-reactive ketones (excluding diaryl/α,β-unsaturated/α-hetero) is 1. The van der Waals surface area contributed by atoms with Gasteiger partial charge < -0.3 is 14.8 Å². The third-order valence-corrected chi connectivity index (χ3v) is 6.77. The zero-order valence-corrected chi connectivity index (χ0v) is 18.3. The molecule has 1 N–H and O–H groups in total. The van der Waals surface area contributed by atoms with Crippen LogP contribution in [0.2, 0.25) is 0 Å². The minimum Gasteiger partial charge on any atom is -0.489 e. The number of pyridine rings is 1. The van der Waals surface area contributed by atoms with Crippen molar-refractivity contribution in [1.82, 2.24) is 4.98 Å². The number of halogens is 3. The van der Waals surface area contributed by atoms with Gasteiger partial charge in [0.25, 0.3) is 0 Å². The lowest BCUT2D eigenvalue weighted by Gasteiger charge is -2.19. The molecule has 0 spiro atoms. The molecule has 1 saturated carbocycles. The van der Waals surface area contributed by atoms with E-state index in [0.717, 1.165) is 29.0 Å². The van der Waals surface area contributed by atoms with Crippen LogP contribution in [0.15, 0.2) is 42.6 Å². The molecule has 0 unspecified atom stereocenters. The number of benzene rings is 2. The zero-order valence-electron chi connectivity index (χ0n) is 18.3. The molecule has 35 heavy (non-hydrogen) atoms. The fourth-order valence-electron chi connectivity index (χ4n) is 4.99. The standard InChI is InChI=1S/C26H19F3N2O4/c27-18-4-1-12(23(28)24(18)29)9-13(32)10-17-22-16-11-14(2-5-19(16)35-25(17)22)34-20-7-8-30-26-15(20)3-6-21(33)31-26/h1-2,4-5,7-8,11,17,22,25H,3,6,9-10H2,(H,30,31,33)/t17-,22-,25+/m0/s1. The van der Waals surface area contributed by atoms with E-state index < -0.39 is 17.5 Å². The molecule has 1 fully saturated rings. The summed E-state index contributed by atoms with van der Waals surface area (Å²) in [6, 6.07) is 9.16. The van der Waals surface area contributed by atoms with Gasteiger partial charge in [0.2, 0.25) is 5.91 Å². The smallest absolute Gasteiger partial charge is 0.225 e. The van der Waals surface area contributed by atoms with Crippen molar-refractivity contribution < 1.29 is 32.2 Å². The second-order valence-corrected chi connectivity index (χ2v) is 9.01. The molecule has 9 heteroatoms. The van der Waals surface area contributed by atoms with Gasteiger partial charge >= 0.3 is 0 Å². The van der Waals surface area contributed by atoms with E-state index in [1.165, 1.54) is 0 Å². The first-order valence-electron chi connectivity index (χ1n) is 11.3. The fourth-order valence-corrected chi connectivity index (χ4v) is 4.99. The highest BCUT2D eigenvalue weighted by Gasteiger charge is 2.59. The Morgan fingerprint density at radius 1 is 1.11 bits per heavy atom. The molecule has 2 aromatic carbocycles. The lowest BCUT2D eigenvalue weighted by Crippen LogP contribution is -2.20. The number of hydrogen-bond acceptors (Lipinski definition) is 5. The van der Waals surface area contributed by atoms with Gasteiger partial charge in [0.05, 0.1) is 0 Å². The lowest BCUT2D eigenvalue weighted by atomic mass is 10.0. The summed E-state index contributed by atoms with van der Waals surface area (Å²) in [6.07, 6.45) is 2.16. The number of ketones is 1. The number of fused-ring (bicyclic) bond motifs is 4. The van der Waals surface area contributed by atoms with Gasteiger partial charge in [-0.15, -0.1) is 0 Å². The van der Waals surface area contributed by atoms with E-state index in [2.05, 4.69) is 10.3 Å². The van der Waals surface area contributed by atoms with E-state index in [1.807, 2.05) is 12.1 Å². The number of carbonyl (C=O) groups excluding carboxylic acids is 2. The molecule has 3 aromatic rings. The van der Waals surface area contributed by atoms with Crippen molar-refractivity contribution in [3.8, 4) is 17.2 Å². The monoisotopic (exact) mass is 480 g/mol. The van der Waals surface area contributed by atoms with Crippen molar-refractivity contribution in [3.63, 3.8) is 0 Å². The number of amides is 1. The van der Waals surface area contributed by atoms with Crippen LogP contribution in [-0.4, -0.2) is 22.8 Å². The van der Waals surface area contributed by atoms with E-state index in [9.17, 15) is 22.8 Å².